The van der Waals surface area contributed by atoms with Crippen molar-refractivity contribution in [2.45, 2.75) is 43.7 Å². The Hall–Kier alpha value is -2.89. The Balaban J connectivity index is 1.46. The smallest absolute Gasteiger partial charge is 0.324 e. The number of nitrogens with zero attached hydrogens (tertiary/aromatic N) is 3. The highest BCUT2D eigenvalue weighted by molar-refractivity contribution is 7.89. The molecule has 168 valence electrons. The standard InChI is InChI=1S/C21H21N3O6S2/c1-14(25)15-7-9-16(10-8-15)32(27,28)24-11-3-2-5-17(24)21(26)29-13-19-22-20(30-23-19)18-6-4-12-31-18/h4,6-10,12,17H,2-3,5,11,13H2,1H3. The summed E-state index contributed by atoms with van der Waals surface area (Å²) in [6.07, 6.45) is 1.71. The van der Waals surface area contributed by atoms with Gasteiger partial charge < -0.3 is 9.26 Å². The lowest BCUT2D eigenvalue weighted by atomic mass is 10.1. The van der Waals surface area contributed by atoms with Gasteiger partial charge in [-0.3, -0.25) is 9.59 Å². The first-order valence-corrected chi connectivity index (χ1v) is 12.3. The summed E-state index contributed by atoms with van der Waals surface area (Å²) in [5, 5.41) is 5.69. The molecular weight excluding hydrogens is 454 g/mol. The molecule has 1 atom stereocenters. The van der Waals surface area contributed by atoms with Gasteiger partial charge in [0.05, 0.1) is 9.77 Å². The van der Waals surface area contributed by atoms with E-state index >= 15 is 0 Å². The summed E-state index contributed by atoms with van der Waals surface area (Å²) in [6, 6.07) is 8.45. The highest BCUT2D eigenvalue weighted by atomic mass is 32.2. The van der Waals surface area contributed by atoms with Crippen molar-refractivity contribution in [1.82, 2.24) is 14.4 Å². The second-order valence-electron chi connectivity index (χ2n) is 7.31. The first-order chi connectivity index (χ1) is 15.4. The maximum absolute atomic E-state index is 13.2. The average molecular weight is 476 g/mol. The minimum absolute atomic E-state index is 0.0287. The Bertz CT molecular complexity index is 1200. The molecule has 1 fully saturated rings. The molecule has 4 rings (SSSR count). The molecule has 0 N–H and O–H groups in total. The monoisotopic (exact) mass is 475 g/mol. The number of piperidine rings is 1. The van der Waals surface area contributed by atoms with Crippen LogP contribution in [-0.2, 0) is 26.2 Å². The first-order valence-electron chi connectivity index (χ1n) is 10.0. The lowest BCUT2D eigenvalue weighted by Crippen LogP contribution is -2.48. The number of rotatable bonds is 7. The molecule has 3 aromatic rings. The van der Waals surface area contributed by atoms with E-state index in [2.05, 4.69) is 10.1 Å². The predicted molar refractivity (Wildman–Crippen MR) is 115 cm³/mol. The highest BCUT2D eigenvalue weighted by Gasteiger charge is 2.38. The normalized spacial score (nSPS) is 17.2. The zero-order valence-electron chi connectivity index (χ0n) is 17.3. The third kappa shape index (κ3) is 4.64. The van der Waals surface area contributed by atoms with Crippen LogP contribution in [0.4, 0.5) is 0 Å². The molecule has 32 heavy (non-hydrogen) atoms. The summed E-state index contributed by atoms with van der Waals surface area (Å²) in [6.45, 7) is 1.40. The summed E-state index contributed by atoms with van der Waals surface area (Å²) in [4.78, 5) is 29.3. The number of ether oxygens (including phenoxy) is 1. The van der Waals surface area contributed by atoms with Gasteiger partial charge in [0.2, 0.25) is 15.8 Å². The van der Waals surface area contributed by atoms with Crippen molar-refractivity contribution in [3.8, 4) is 10.8 Å². The van der Waals surface area contributed by atoms with Crippen LogP contribution in [-0.4, -0.2) is 47.2 Å². The van der Waals surface area contributed by atoms with Crippen LogP contribution in [0.2, 0.25) is 0 Å². The highest BCUT2D eigenvalue weighted by Crippen LogP contribution is 2.27. The molecular formula is C21H21N3O6S2. The van der Waals surface area contributed by atoms with Gasteiger partial charge >= 0.3 is 5.97 Å². The maximum Gasteiger partial charge on any atom is 0.324 e. The van der Waals surface area contributed by atoms with Crippen LogP contribution in [0.15, 0.2) is 51.2 Å². The number of thiophene rings is 1. The molecule has 1 aliphatic rings. The van der Waals surface area contributed by atoms with E-state index in [0.29, 0.717) is 30.7 Å². The molecule has 0 bridgehead atoms. The van der Waals surface area contributed by atoms with E-state index in [-0.39, 0.29) is 29.7 Å². The van der Waals surface area contributed by atoms with E-state index in [0.717, 1.165) is 4.88 Å². The molecule has 1 aromatic carbocycles. The summed E-state index contributed by atoms with van der Waals surface area (Å²) in [7, 11) is -3.93. The number of esters is 1. The fourth-order valence-corrected chi connectivity index (χ4v) is 5.76. The fraction of sp³-hybridized carbons (Fsp3) is 0.333. The van der Waals surface area contributed by atoms with Crippen molar-refractivity contribution in [3.05, 3.63) is 53.2 Å². The number of hydrogen-bond acceptors (Lipinski definition) is 9. The van der Waals surface area contributed by atoms with Crippen molar-refractivity contribution in [1.29, 1.82) is 0 Å². The summed E-state index contributed by atoms with van der Waals surface area (Å²) < 4.78 is 38.1. The number of benzene rings is 1. The maximum atomic E-state index is 13.2. The third-order valence-corrected chi connectivity index (χ3v) is 7.92. The molecule has 1 unspecified atom stereocenters. The van der Waals surface area contributed by atoms with Crippen LogP contribution >= 0.6 is 11.3 Å². The molecule has 2 aromatic heterocycles. The van der Waals surface area contributed by atoms with Gasteiger partial charge in [-0.1, -0.05) is 23.4 Å². The molecule has 11 heteroatoms. The van der Waals surface area contributed by atoms with Gasteiger partial charge in [0.25, 0.3) is 5.89 Å². The van der Waals surface area contributed by atoms with Gasteiger partial charge in [-0.25, -0.2) is 8.42 Å². The van der Waals surface area contributed by atoms with Gasteiger partial charge in [-0.15, -0.1) is 11.3 Å². The van der Waals surface area contributed by atoms with E-state index in [9.17, 15) is 18.0 Å². The SMILES string of the molecule is CC(=O)c1ccc(S(=O)(=O)N2CCCCC2C(=O)OCc2noc(-c3cccs3)n2)cc1. The van der Waals surface area contributed by atoms with Gasteiger partial charge in [0.15, 0.2) is 12.4 Å². The molecule has 9 nitrogen and oxygen atoms in total. The molecule has 0 spiro atoms. The van der Waals surface area contributed by atoms with Crippen LogP contribution in [0.25, 0.3) is 10.8 Å². The Morgan fingerprint density at radius 3 is 2.69 bits per heavy atom. The van der Waals surface area contributed by atoms with E-state index in [4.69, 9.17) is 9.26 Å². The topological polar surface area (TPSA) is 120 Å². The molecule has 3 heterocycles. The Labute approximate surface area is 189 Å². The quantitative estimate of drug-likeness (QED) is 0.377. The minimum atomic E-state index is -3.93. The zero-order chi connectivity index (χ0) is 22.7. The number of carbonyl (C=O) groups is 2. The average Bonchev–Trinajstić information content (AvgIpc) is 3.49. The van der Waals surface area contributed by atoms with Gasteiger partial charge in [-0.2, -0.15) is 9.29 Å². The number of aromatic nitrogens is 2. The van der Waals surface area contributed by atoms with Crippen LogP contribution in [0.1, 0.15) is 42.4 Å². The van der Waals surface area contributed by atoms with Crippen LogP contribution in [0.5, 0.6) is 0 Å². The second kappa shape index (κ2) is 9.31. The van der Waals surface area contributed by atoms with E-state index in [1.54, 1.807) is 0 Å². The molecule has 0 radical (unpaired) electrons. The zero-order valence-corrected chi connectivity index (χ0v) is 18.9. The number of carbonyl (C=O) groups excluding carboxylic acids is 2. The van der Waals surface area contributed by atoms with Crippen molar-refractivity contribution in [2.24, 2.45) is 0 Å². The van der Waals surface area contributed by atoms with E-state index in [1.807, 2.05) is 17.5 Å². The largest absolute Gasteiger partial charge is 0.456 e. The molecule has 0 saturated carbocycles. The lowest BCUT2D eigenvalue weighted by Gasteiger charge is -2.32. The number of ketones is 1. The molecule has 1 saturated heterocycles. The first kappa shape index (κ1) is 22.3. The van der Waals surface area contributed by atoms with Crippen LogP contribution < -0.4 is 0 Å². The van der Waals surface area contributed by atoms with Crippen molar-refractivity contribution in [2.75, 3.05) is 6.54 Å². The number of hydrogen-bond donors (Lipinski definition) is 0. The van der Waals surface area contributed by atoms with Gasteiger partial charge in [0.1, 0.15) is 6.04 Å². The lowest BCUT2D eigenvalue weighted by molar-refractivity contribution is -0.150. The van der Waals surface area contributed by atoms with Crippen LogP contribution in [0, 0.1) is 0 Å². The third-order valence-electron chi connectivity index (χ3n) is 5.14. The van der Waals surface area contributed by atoms with Crippen molar-refractivity contribution in [3.63, 3.8) is 0 Å². The number of Topliss-reactive ketones (excluding diaryl/α,β-unsaturated/α-hetero) is 1. The summed E-state index contributed by atoms with van der Waals surface area (Å²) >= 11 is 1.44. The van der Waals surface area contributed by atoms with E-state index < -0.39 is 22.0 Å². The molecule has 1 aliphatic heterocycles. The molecule has 0 aliphatic carbocycles. The minimum Gasteiger partial charge on any atom is -0.456 e. The van der Waals surface area contributed by atoms with Crippen LogP contribution in [0.3, 0.4) is 0 Å². The fourth-order valence-electron chi connectivity index (χ4n) is 3.47. The van der Waals surface area contributed by atoms with E-state index in [1.165, 1.54) is 46.8 Å². The summed E-state index contributed by atoms with van der Waals surface area (Å²) in [5.41, 5.74) is 0.417. The van der Waals surface area contributed by atoms with Gasteiger partial charge in [0, 0.05) is 12.1 Å². The predicted octanol–water partition coefficient (Wildman–Crippen LogP) is 3.29. The second-order valence-corrected chi connectivity index (χ2v) is 10.1. The summed E-state index contributed by atoms with van der Waals surface area (Å²) in [5.74, 6) is -0.276. The van der Waals surface area contributed by atoms with Crippen molar-refractivity contribution < 1.29 is 27.3 Å². The Morgan fingerprint density at radius 2 is 2.00 bits per heavy atom. The Morgan fingerprint density at radius 1 is 1.22 bits per heavy atom. The molecule has 0 amide bonds. The number of sulfonamides is 1. The Kier molecular flexibility index (Phi) is 6.49. The van der Waals surface area contributed by atoms with Crippen molar-refractivity contribution >= 4 is 33.1 Å². The van der Waals surface area contributed by atoms with Gasteiger partial charge in [-0.05, 0) is 49.8 Å².